The highest BCUT2D eigenvalue weighted by molar-refractivity contribution is 5.78. The summed E-state index contributed by atoms with van der Waals surface area (Å²) >= 11 is 0. The van der Waals surface area contributed by atoms with Crippen molar-refractivity contribution >= 4 is 5.78 Å². The molecule has 116 valence electrons. The van der Waals surface area contributed by atoms with Gasteiger partial charge in [0.1, 0.15) is 5.78 Å². The van der Waals surface area contributed by atoms with Crippen molar-refractivity contribution in [1.29, 1.82) is 0 Å². The number of ketones is 1. The van der Waals surface area contributed by atoms with Gasteiger partial charge in [-0.1, -0.05) is 26.7 Å². The summed E-state index contributed by atoms with van der Waals surface area (Å²) in [7, 11) is 0. The van der Waals surface area contributed by atoms with Crippen LogP contribution in [-0.2, 0) is 9.53 Å². The average molecular weight is 276 g/mol. The Morgan fingerprint density at radius 2 is 1.58 bits per heavy atom. The summed E-state index contributed by atoms with van der Waals surface area (Å²) in [6, 6.07) is 0. The first-order valence-corrected chi connectivity index (χ1v) is 7.40. The maximum atomic E-state index is 11.0. The number of ether oxygens (including phenoxy) is 1. The Morgan fingerprint density at radius 1 is 1.11 bits per heavy atom. The fourth-order valence-corrected chi connectivity index (χ4v) is 1.23. The molecule has 0 spiro atoms. The molecule has 0 heterocycles. The molecule has 0 aromatic carbocycles. The molecule has 2 atom stereocenters. The van der Waals surface area contributed by atoms with Crippen molar-refractivity contribution in [3.63, 3.8) is 0 Å². The number of carbonyl (C=O) groups is 1. The van der Waals surface area contributed by atoms with E-state index in [1.165, 1.54) is 0 Å². The second-order valence-corrected chi connectivity index (χ2v) is 4.92. The van der Waals surface area contributed by atoms with Gasteiger partial charge in [-0.25, -0.2) is 0 Å². The minimum Gasteiger partial charge on any atom is -0.394 e. The van der Waals surface area contributed by atoms with E-state index in [0.717, 1.165) is 38.5 Å². The number of unbranched alkanes of at least 4 members (excludes halogenated alkanes) is 2. The minimum absolute atomic E-state index is 0.00667. The van der Waals surface area contributed by atoms with E-state index in [-0.39, 0.29) is 12.7 Å². The van der Waals surface area contributed by atoms with E-state index in [9.17, 15) is 4.79 Å². The summed E-state index contributed by atoms with van der Waals surface area (Å²) in [4.78, 5) is 11.0. The van der Waals surface area contributed by atoms with E-state index in [1.54, 1.807) is 13.8 Å². The second kappa shape index (κ2) is 15.6. The molecule has 2 N–H and O–H groups in total. The zero-order valence-electron chi connectivity index (χ0n) is 13.0. The molecule has 2 unspecified atom stereocenters. The van der Waals surface area contributed by atoms with Crippen LogP contribution >= 0.6 is 0 Å². The van der Waals surface area contributed by atoms with Crippen LogP contribution in [0, 0.1) is 0 Å². The lowest BCUT2D eigenvalue weighted by Gasteiger charge is -2.10. The van der Waals surface area contributed by atoms with E-state index < -0.39 is 6.10 Å². The Balaban J connectivity index is 0. The molecule has 0 aliphatic rings. The average Bonchev–Trinajstić information content (AvgIpc) is 2.40. The summed E-state index contributed by atoms with van der Waals surface area (Å²) in [5.41, 5.74) is 0. The maximum Gasteiger partial charge on any atom is 0.132 e. The number of hydrogen-bond acceptors (Lipinski definition) is 4. The fraction of sp³-hybridized carbons (Fsp3) is 0.933. The van der Waals surface area contributed by atoms with Gasteiger partial charge in [0.15, 0.2) is 0 Å². The lowest BCUT2D eigenvalue weighted by atomic mass is 10.1. The van der Waals surface area contributed by atoms with Crippen LogP contribution in [0.2, 0.25) is 0 Å². The standard InChI is InChI=1S/C9H18O.C6H14O3/c1-3-5-7-9(10)8-6-4-2;1-5(8)4-9-6(2)3-7/h3-8H2,1-2H3;5-8H,3-4H2,1-2H3. The van der Waals surface area contributed by atoms with Crippen molar-refractivity contribution < 1.29 is 19.7 Å². The number of Topliss-reactive ketones (excluding diaryl/α,β-unsaturated/α-hetero) is 1. The zero-order valence-corrected chi connectivity index (χ0v) is 13.0. The number of aliphatic hydroxyl groups excluding tert-OH is 2. The molecule has 0 aromatic rings. The largest absolute Gasteiger partial charge is 0.394 e. The van der Waals surface area contributed by atoms with Gasteiger partial charge in [-0.05, 0) is 26.7 Å². The monoisotopic (exact) mass is 276 g/mol. The smallest absolute Gasteiger partial charge is 0.132 e. The summed E-state index contributed by atoms with van der Waals surface area (Å²) in [5.74, 6) is 0.448. The van der Waals surface area contributed by atoms with Crippen LogP contribution in [0.3, 0.4) is 0 Å². The van der Waals surface area contributed by atoms with Gasteiger partial charge in [0.2, 0.25) is 0 Å². The first-order valence-electron chi connectivity index (χ1n) is 7.40. The molecule has 0 amide bonds. The van der Waals surface area contributed by atoms with Crippen molar-refractivity contribution in [2.24, 2.45) is 0 Å². The predicted molar refractivity (Wildman–Crippen MR) is 78.2 cm³/mol. The second-order valence-electron chi connectivity index (χ2n) is 4.92. The van der Waals surface area contributed by atoms with E-state index in [2.05, 4.69) is 13.8 Å². The van der Waals surface area contributed by atoms with Gasteiger partial charge >= 0.3 is 0 Å². The van der Waals surface area contributed by atoms with E-state index in [0.29, 0.717) is 12.4 Å². The van der Waals surface area contributed by atoms with Gasteiger partial charge < -0.3 is 14.9 Å². The molecule has 0 saturated carbocycles. The molecular formula is C15H32O4. The van der Waals surface area contributed by atoms with Crippen molar-refractivity contribution in [2.45, 2.75) is 78.4 Å². The Morgan fingerprint density at radius 3 is 1.89 bits per heavy atom. The molecule has 4 nitrogen and oxygen atoms in total. The van der Waals surface area contributed by atoms with E-state index in [4.69, 9.17) is 14.9 Å². The highest BCUT2D eigenvalue weighted by Crippen LogP contribution is 2.02. The van der Waals surface area contributed by atoms with Crippen LogP contribution in [0.4, 0.5) is 0 Å². The summed E-state index contributed by atoms with van der Waals surface area (Å²) in [6.07, 6.45) is 5.41. The SMILES string of the molecule is CC(O)COC(C)CO.CCCCC(=O)CCCC. The van der Waals surface area contributed by atoms with Gasteiger partial charge in [-0.2, -0.15) is 0 Å². The fourth-order valence-electron chi connectivity index (χ4n) is 1.23. The molecule has 0 radical (unpaired) electrons. The van der Waals surface area contributed by atoms with Crippen LogP contribution in [0.1, 0.15) is 66.2 Å². The molecule has 0 aromatic heterocycles. The van der Waals surface area contributed by atoms with Crippen LogP contribution in [0.25, 0.3) is 0 Å². The molecule has 0 aliphatic heterocycles. The Bertz CT molecular complexity index is 183. The predicted octanol–water partition coefficient (Wildman–Crippen LogP) is 2.70. The van der Waals surface area contributed by atoms with Gasteiger partial charge in [0.25, 0.3) is 0 Å². The molecule has 4 heteroatoms. The third-order valence-electron chi connectivity index (χ3n) is 2.50. The lowest BCUT2D eigenvalue weighted by molar-refractivity contribution is -0.119. The van der Waals surface area contributed by atoms with Crippen molar-refractivity contribution in [2.75, 3.05) is 13.2 Å². The number of aliphatic hydroxyl groups is 2. The van der Waals surface area contributed by atoms with Crippen molar-refractivity contribution in [1.82, 2.24) is 0 Å². The van der Waals surface area contributed by atoms with Crippen LogP contribution in [0.5, 0.6) is 0 Å². The van der Waals surface area contributed by atoms with Gasteiger partial charge in [-0.3, -0.25) is 4.79 Å². The molecule has 0 rings (SSSR count). The van der Waals surface area contributed by atoms with Crippen LogP contribution in [-0.4, -0.2) is 41.4 Å². The van der Waals surface area contributed by atoms with Crippen molar-refractivity contribution in [3.05, 3.63) is 0 Å². The van der Waals surface area contributed by atoms with Gasteiger partial charge in [0.05, 0.1) is 25.4 Å². The molecule has 0 fully saturated rings. The molecule has 19 heavy (non-hydrogen) atoms. The third kappa shape index (κ3) is 20.0. The third-order valence-corrected chi connectivity index (χ3v) is 2.50. The van der Waals surface area contributed by atoms with Gasteiger partial charge in [0, 0.05) is 12.8 Å². The van der Waals surface area contributed by atoms with Crippen LogP contribution in [0.15, 0.2) is 0 Å². The highest BCUT2D eigenvalue weighted by Gasteiger charge is 2.00. The quantitative estimate of drug-likeness (QED) is 0.644. The van der Waals surface area contributed by atoms with E-state index in [1.807, 2.05) is 0 Å². The normalized spacial score (nSPS) is 13.4. The zero-order chi connectivity index (χ0) is 15.1. The van der Waals surface area contributed by atoms with E-state index >= 15 is 0 Å². The summed E-state index contributed by atoms with van der Waals surface area (Å²) in [5, 5.41) is 17.1. The number of rotatable bonds is 10. The molecular weight excluding hydrogens is 244 g/mol. The van der Waals surface area contributed by atoms with Crippen molar-refractivity contribution in [3.8, 4) is 0 Å². The first-order chi connectivity index (χ1) is 8.97. The lowest BCUT2D eigenvalue weighted by Crippen LogP contribution is -2.19. The summed E-state index contributed by atoms with van der Waals surface area (Å²) < 4.78 is 4.95. The summed E-state index contributed by atoms with van der Waals surface area (Å²) in [6.45, 7) is 7.93. The van der Waals surface area contributed by atoms with Crippen LogP contribution < -0.4 is 0 Å². The number of carbonyl (C=O) groups excluding carboxylic acids is 1. The Labute approximate surface area is 118 Å². The minimum atomic E-state index is -0.445. The molecule has 0 bridgehead atoms. The molecule has 0 saturated heterocycles. The van der Waals surface area contributed by atoms with Gasteiger partial charge in [-0.15, -0.1) is 0 Å². The highest BCUT2D eigenvalue weighted by atomic mass is 16.5. The topological polar surface area (TPSA) is 66.8 Å². The first kappa shape index (κ1) is 20.9. The molecule has 0 aliphatic carbocycles. The Kier molecular flexibility index (Phi) is 17.1. The number of hydrogen-bond donors (Lipinski definition) is 2. The Hall–Kier alpha value is -0.450. The maximum absolute atomic E-state index is 11.0.